The highest BCUT2D eigenvalue weighted by Gasteiger charge is 2.36. The number of hydrogen-bond donors (Lipinski definition) is 0. The van der Waals surface area contributed by atoms with Crippen molar-refractivity contribution in [1.82, 2.24) is 0 Å². The molecule has 0 heterocycles. The second-order valence-electron chi connectivity index (χ2n) is 3.38. The van der Waals surface area contributed by atoms with Gasteiger partial charge in [-0.2, -0.15) is 8.42 Å². The van der Waals surface area contributed by atoms with Crippen LogP contribution in [0.3, 0.4) is 0 Å². The molecule has 1 unspecified atom stereocenters. The molecular weight excluding hydrogens is 205 g/mol. The Morgan fingerprint density at radius 1 is 1.15 bits per heavy atom. The van der Waals surface area contributed by atoms with Gasteiger partial charge in [0.2, 0.25) is 5.92 Å². The lowest BCUT2D eigenvalue weighted by Gasteiger charge is -2.11. The highest BCUT2D eigenvalue weighted by molar-refractivity contribution is 7.87. The SMILES string of the molecule is O=S(=O)(F)C1CCCC(F)(F)CC1. The zero-order valence-corrected chi connectivity index (χ0v) is 7.79. The van der Waals surface area contributed by atoms with Crippen LogP contribution < -0.4 is 0 Å². The van der Waals surface area contributed by atoms with Crippen LogP contribution in [0.1, 0.15) is 32.1 Å². The van der Waals surface area contributed by atoms with E-state index < -0.39 is 27.8 Å². The number of halogens is 3. The Morgan fingerprint density at radius 3 is 2.31 bits per heavy atom. The Morgan fingerprint density at radius 2 is 1.77 bits per heavy atom. The Kier molecular flexibility index (Phi) is 2.89. The van der Waals surface area contributed by atoms with Gasteiger partial charge in [0, 0.05) is 12.8 Å². The molecule has 13 heavy (non-hydrogen) atoms. The molecule has 0 radical (unpaired) electrons. The van der Waals surface area contributed by atoms with Crippen molar-refractivity contribution in [3.8, 4) is 0 Å². The molecule has 1 saturated carbocycles. The molecule has 78 valence electrons. The highest BCUT2D eigenvalue weighted by Crippen LogP contribution is 2.34. The number of hydrogen-bond acceptors (Lipinski definition) is 2. The van der Waals surface area contributed by atoms with Crippen LogP contribution >= 0.6 is 0 Å². The van der Waals surface area contributed by atoms with Crippen LogP contribution in [-0.2, 0) is 10.2 Å². The minimum absolute atomic E-state index is 0.00836. The van der Waals surface area contributed by atoms with E-state index in [1.54, 1.807) is 0 Å². The highest BCUT2D eigenvalue weighted by atomic mass is 32.3. The van der Waals surface area contributed by atoms with Gasteiger partial charge in [-0.1, -0.05) is 0 Å². The van der Waals surface area contributed by atoms with E-state index >= 15 is 0 Å². The molecule has 1 fully saturated rings. The fraction of sp³-hybridized carbons (Fsp3) is 1.00. The van der Waals surface area contributed by atoms with Gasteiger partial charge in [-0.3, -0.25) is 0 Å². The van der Waals surface area contributed by atoms with Crippen molar-refractivity contribution in [2.45, 2.75) is 43.3 Å². The standard InChI is InChI=1S/C7H11F3O2S/c8-7(9)4-1-2-6(3-5-7)13(10,11)12/h6H,1-5H2. The minimum Gasteiger partial charge on any atom is -0.207 e. The molecule has 2 nitrogen and oxygen atoms in total. The summed E-state index contributed by atoms with van der Waals surface area (Å²) in [5.74, 6) is -2.82. The van der Waals surface area contributed by atoms with Crippen molar-refractivity contribution < 1.29 is 21.1 Å². The average molecular weight is 216 g/mol. The molecule has 0 aromatic rings. The van der Waals surface area contributed by atoms with Crippen LogP contribution in [0, 0.1) is 0 Å². The van der Waals surface area contributed by atoms with Gasteiger partial charge >= 0.3 is 10.2 Å². The quantitative estimate of drug-likeness (QED) is 0.497. The van der Waals surface area contributed by atoms with E-state index in [4.69, 9.17) is 0 Å². The molecule has 0 amide bonds. The van der Waals surface area contributed by atoms with Crippen molar-refractivity contribution in [3.63, 3.8) is 0 Å². The van der Waals surface area contributed by atoms with E-state index in [0.29, 0.717) is 0 Å². The molecule has 0 aromatic heterocycles. The predicted octanol–water partition coefficient (Wildman–Crippen LogP) is 2.25. The van der Waals surface area contributed by atoms with Crippen LogP contribution in [0.15, 0.2) is 0 Å². The molecule has 0 aliphatic heterocycles. The zero-order chi connectivity index (χ0) is 10.1. The summed E-state index contributed by atoms with van der Waals surface area (Å²) in [5, 5.41) is -1.22. The first-order valence-electron chi connectivity index (χ1n) is 4.12. The summed E-state index contributed by atoms with van der Waals surface area (Å²) in [6.07, 6.45) is -1.05. The number of alkyl halides is 2. The summed E-state index contributed by atoms with van der Waals surface area (Å²) >= 11 is 0. The van der Waals surface area contributed by atoms with Gasteiger partial charge < -0.3 is 0 Å². The third-order valence-electron chi connectivity index (χ3n) is 2.30. The van der Waals surface area contributed by atoms with Gasteiger partial charge in [0.05, 0.1) is 5.25 Å². The summed E-state index contributed by atoms with van der Waals surface area (Å²) in [7, 11) is -4.63. The third kappa shape index (κ3) is 3.17. The first kappa shape index (κ1) is 10.8. The maximum absolute atomic E-state index is 12.7. The van der Waals surface area contributed by atoms with E-state index in [-0.39, 0.29) is 25.7 Å². The summed E-state index contributed by atoms with van der Waals surface area (Å²) in [6.45, 7) is 0. The zero-order valence-electron chi connectivity index (χ0n) is 6.97. The molecule has 0 spiro atoms. The normalized spacial score (nSPS) is 29.6. The number of rotatable bonds is 1. The summed E-state index contributed by atoms with van der Waals surface area (Å²) < 4.78 is 58.7. The molecule has 0 aromatic carbocycles. The van der Waals surface area contributed by atoms with Crippen LogP contribution in [0.25, 0.3) is 0 Å². The molecule has 1 aliphatic carbocycles. The van der Waals surface area contributed by atoms with Gasteiger partial charge in [-0.05, 0) is 19.3 Å². The summed E-state index contributed by atoms with van der Waals surface area (Å²) in [6, 6.07) is 0. The van der Waals surface area contributed by atoms with Crippen molar-refractivity contribution in [2.24, 2.45) is 0 Å². The first-order valence-corrected chi connectivity index (χ1v) is 5.57. The Labute approximate surface area is 75.3 Å². The topological polar surface area (TPSA) is 34.1 Å². The monoisotopic (exact) mass is 216 g/mol. The molecule has 0 bridgehead atoms. The molecule has 0 N–H and O–H groups in total. The summed E-state index contributed by atoms with van der Waals surface area (Å²) in [5.41, 5.74) is 0. The third-order valence-corrected chi connectivity index (χ3v) is 3.57. The van der Waals surface area contributed by atoms with E-state index in [2.05, 4.69) is 0 Å². The first-order chi connectivity index (χ1) is 5.81. The fourth-order valence-corrected chi connectivity index (χ4v) is 2.36. The van der Waals surface area contributed by atoms with Crippen LogP contribution in [0.4, 0.5) is 12.7 Å². The van der Waals surface area contributed by atoms with Gasteiger partial charge in [-0.15, -0.1) is 3.89 Å². The van der Waals surface area contributed by atoms with Gasteiger partial charge in [-0.25, -0.2) is 8.78 Å². The van der Waals surface area contributed by atoms with Crippen molar-refractivity contribution in [1.29, 1.82) is 0 Å². The van der Waals surface area contributed by atoms with Crippen molar-refractivity contribution in [2.75, 3.05) is 0 Å². The van der Waals surface area contributed by atoms with E-state index in [9.17, 15) is 21.1 Å². The molecule has 6 heteroatoms. The Hall–Kier alpha value is -0.260. The Balaban J connectivity index is 2.66. The molecule has 1 atom stereocenters. The van der Waals surface area contributed by atoms with Crippen LogP contribution in [-0.4, -0.2) is 19.6 Å². The largest absolute Gasteiger partial charge is 0.305 e. The van der Waals surface area contributed by atoms with Gasteiger partial charge in [0.25, 0.3) is 0 Å². The molecule has 1 rings (SSSR count). The molecular formula is C7H11F3O2S. The second kappa shape index (κ2) is 3.48. The van der Waals surface area contributed by atoms with Gasteiger partial charge in [0.15, 0.2) is 0 Å². The average Bonchev–Trinajstić information content (AvgIpc) is 2.08. The van der Waals surface area contributed by atoms with Gasteiger partial charge in [0.1, 0.15) is 0 Å². The van der Waals surface area contributed by atoms with Crippen molar-refractivity contribution >= 4 is 10.2 Å². The lowest BCUT2D eigenvalue weighted by atomic mass is 10.1. The molecule has 0 saturated heterocycles. The lowest BCUT2D eigenvalue weighted by molar-refractivity contribution is -0.0137. The van der Waals surface area contributed by atoms with E-state index in [1.807, 2.05) is 0 Å². The van der Waals surface area contributed by atoms with Crippen LogP contribution in [0.5, 0.6) is 0 Å². The maximum Gasteiger partial charge on any atom is 0.305 e. The van der Waals surface area contributed by atoms with E-state index in [0.717, 1.165) is 0 Å². The van der Waals surface area contributed by atoms with Crippen molar-refractivity contribution in [3.05, 3.63) is 0 Å². The lowest BCUT2D eigenvalue weighted by Crippen LogP contribution is -2.18. The maximum atomic E-state index is 12.7. The minimum atomic E-state index is -4.63. The summed E-state index contributed by atoms with van der Waals surface area (Å²) in [4.78, 5) is 0. The fourth-order valence-electron chi connectivity index (χ4n) is 1.51. The molecule has 1 aliphatic rings. The second-order valence-corrected chi connectivity index (χ2v) is 5.00. The van der Waals surface area contributed by atoms with Crippen LogP contribution in [0.2, 0.25) is 0 Å². The smallest absolute Gasteiger partial charge is 0.207 e. The van der Waals surface area contributed by atoms with E-state index in [1.165, 1.54) is 0 Å². The predicted molar refractivity (Wildman–Crippen MR) is 41.8 cm³/mol. The Bertz CT molecular complexity index is 273.